The average Bonchev–Trinajstić information content (AvgIpc) is 3.09. The second-order valence-corrected chi connectivity index (χ2v) is 7.07. The summed E-state index contributed by atoms with van der Waals surface area (Å²) in [5.41, 5.74) is 4.40. The molecule has 0 unspecified atom stereocenters. The summed E-state index contributed by atoms with van der Waals surface area (Å²) in [6.07, 6.45) is 2.07. The minimum Gasteiger partial charge on any atom is -0.383 e. The third kappa shape index (κ3) is 5.50. The first-order valence-corrected chi connectivity index (χ1v) is 9.40. The number of methoxy groups -OCH3 is 1. The van der Waals surface area contributed by atoms with Crippen molar-refractivity contribution < 1.29 is 13.5 Å². The van der Waals surface area contributed by atoms with Gasteiger partial charge < -0.3 is 9.30 Å². The molecule has 0 N–H and O–H groups in total. The standard InChI is InChI=1S/C23H26F2N2O/c1-18-5-3-6-19(13-18)16-27-10-4-7-21(27)17-26(11-12-28-2)15-20-8-9-22(24)23(25)14-20/h3-10,13-14H,11-12,15-17H2,1-2H3. The van der Waals surface area contributed by atoms with E-state index in [-0.39, 0.29) is 0 Å². The van der Waals surface area contributed by atoms with Crippen LogP contribution >= 0.6 is 0 Å². The molecule has 3 nitrogen and oxygen atoms in total. The Bertz CT molecular complexity index is 907. The summed E-state index contributed by atoms with van der Waals surface area (Å²) in [6, 6.07) is 16.7. The van der Waals surface area contributed by atoms with Gasteiger partial charge in [0, 0.05) is 45.2 Å². The van der Waals surface area contributed by atoms with Crippen molar-refractivity contribution in [2.45, 2.75) is 26.6 Å². The van der Waals surface area contributed by atoms with Crippen molar-refractivity contribution >= 4 is 0 Å². The number of rotatable bonds is 9. The van der Waals surface area contributed by atoms with Crippen LogP contribution in [0.4, 0.5) is 8.78 Å². The highest BCUT2D eigenvalue weighted by molar-refractivity contribution is 5.23. The molecule has 0 bridgehead atoms. The molecule has 3 aromatic rings. The maximum absolute atomic E-state index is 13.6. The van der Waals surface area contributed by atoms with Crippen LogP contribution in [0.3, 0.4) is 0 Å². The molecular weight excluding hydrogens is 358 g/mol. The Kier molecular flexibility index (Phi) is 6.95. The van der Waals surface area contributed by atoms with Crippen LogP contribution in [0.1, 0.15) is 22.4 Å². The Labute approximate surface area is 165 Å². The van der Waals surface area contributed by atoms with E-state index >= 15 is 0 Å². The molecule has 2 aromatic carbocycles. The van der Waals surface area contributed by atoms with E-state index in [0.29, 0.717) is 26.2 Å². The summed E-state index contributed by atoms with van der Waals surface area (Å²) in [4.78, 5) is 2.18. The van der Waals surface area contributed by atoms with Crippen LogP contribution in [0.2, 0.25) is 0 Å². The Morgan fingerprint density at radius 3 is 2.54 bits per heavy atom. The van der Waals surface area contributed by atoms with Gasteiger partial charge in [-0.15, -0.1) is 0 Å². The normalized spacial score (nSPS) is 11.3. The van der Waals surface area contributed by atoms with E-state index < -0.39 is 11.6 Å². The van der Waals surface area contributed by atoms with Crippen molar-refractivity contribution in [1.29, 1.82) is 0 Å². The molecule has 28 heavy (non-hydrogen) atoms. The number of hydrogen-bond donors (Lipinski definition) is 0. The SMILES string of the molecule is COCCN(Cc1ccc(F)c(F)c1)Cc1cccn1Cc1cccc(C)c1. The number of aromatic nitrogens is 1. The van der Waals surface area contributed by atoms with E-state index in [1.807, 2.05) is 6.07 Å². The first-order valence-electron chi connectivity index (χ1n) is 9.40. The van der Waals surface area contributed by atoms with Crippen molar-refractivity contribution in [2.24, 2.45) is 0 Å². The zero-order valence-electron chi connectivity index (χ0n) is 16.4. The molecule has 0 saturated heterocycles. The first kappa shape index (κ1) is 20.2. The third-order valence-electron chi connectivity index (χ3n) is 4.75. The molecular formula is C23H26F2N2O. The summed E-state index contributed by atoms with van der Waals surface area (Å²) >= 11 is 0. The Hall–Kier alpha value is -2.50. The van der Waals surface area contributed by atoms with Crippen molar-refractivity contribution in [3.8, 4) is 0 Å². The molecule has 148 valence electrons. The summed E-state index contributed by atoms with van der Waals surface area (Å²) in [6.45, 7) is 5.38. The zero-order valence-corrected chi connectivity index (χ0v) is 16.4. The van der Waals surface area contributed by atoms with Crippen LogP contribution < -0.4 is 0 Å². The number of aryl methyl sites for hydroxylation is 1. The summed E-state index contributed by atoms with van der Waals surface area (Å²) in [5, 5.41) is 0. The largest absolute Gasteiger partial charge is 0.383 e. The van der Waals surface area contributed by atoms with E-state index in [4.69, 9.17) is 4.74 Å². The lowest BCUT2D eigenvalue weighted by Crippen LogP contribution is -2.28. The van der Waals surface area contributed by atoms with Gasteiger partial charge >= 0.3 is 0 Å². The molecule has 0 atom stereocenters. The Morgan fingerprint density at radius 2 is 1.79 bits per heavy atom. The zero-order chi connectivity index (χ0) is 19.9. The molecule has 0 radical (unpaired) electrons. The monoisotopic (exact) mass is 384 g/mol. The van der Waals surface area contributed by atoms with Gasteiger partial charge in [0.25, 0.3) is 0 Å². The Morgan fingerprint density at radius 1 is 0.929 bits per heavy atom. The number of ether oxygens (including phenoxy) is 1. The molecule has 0 aliphatic carbocycles. The first-order chi connectivity index (χ1) is 13.5. The number of halogens is 2. The Balaban J connectivity index is 1.74. The number of nitrogens with zero attached hydrogens (tertiary/aromatic N) is 2. The smallest absolute Gasteiger partial charge is 0.159 e. The molecule has 1 heterocycles. The molecule has 1 aromatic heterocycles. The van der Waals surface area contributed by atoms with Gasteiger partial charge in [-0.25, -0.2) is 8.78 Å². The van der Waals surface area contributed by atoms with Crippen LogP contribution in [0.15, 0.2) is 60.8 Å². The van der Waals surface area contributed by atoms with E-state index in [1.54, 1.807) is 13.2 Å². The highest BCUT2D eigenvalue weighted by Gasteiger charge is 2.12. The van der Waals surface area contributed by atoms with Crippen LogP contribution in [-0.4, -0.2) is 29.7 Å². The van der Waals surface area contributed by atoms with Gasteiger partial charge in [-0.2, -0.15) is 0 Å². The second-order valence-electron chi connectivity index (χ2n) is 7.07. The highest BCUT2D eigenvalue weighted by Crippen LogP contribution is 2.15. The van der Waals surface area contributed by atoms with E-state index in [9.17, 15) is 8.78 Å². The average molecular weight is 384 g/mol. The van der Waals surface area contributed by atoms with Crippen LogP contribution in [0.5, 0.6) is 0 Å². The molecule has 0 aliphatic rings. The summed E-state index contributed by atoms with van der Waals surface area (Å²) in [5.74, 6) is -1.63. The fourth-order valence-electron chi connectivity index (χ4n) is 3.31. The van der Waals surface area contributed by atoms with Crippen molar-refractivity contribution in [2.75, 3.05) is 20.3 Å². The lowest BCUT2D eigenvalue weighted by Gasteiger charge is -2.23. The summed E-state index contributed by atoms with van der Waals surface area (Å²) in [7, 11) is 1.66. The number of hydrogen-bond acceptors (Lipinski definition) is 2. The van der Waals surface area contributed by atoms with Gasteiger partial charge in [0.05, 0.1) is 6.61 Å². The van der Waals surface area contributed by atoms with Crippen molar-refractivity contribution in [3.05, 3.63) is 94.8 Å². The molecule has 3 rings (SSSR count). The van der Waals surface area contributed by atoms with Gasteiger partial charge in [-0.1, -0.05) is 35.9 Å². The van der Waals surface area contributed by atoms with Crippen LogP contribution in [0, 0.1) is 18.6 Å². The lowest BCUT2D eigenvalue weighted by atomic mass is 10.1. The quantitative estimate of drug-likeness (QED) is 0.529. The third-order valence-corrected chi connectivity index (χ3v) is 4.75. The van der Waals surface area contributed by atoms with Crippen molar-refractivity contribution in [1.82, 2.24) is 9.47 Å². The lowest BCUT2D eigenvalue weighted by molar-refractivity contribution is 0.138. The topological polar surface area (TPSA) is 17.4 Å². The minimum absolute atomic E-state index is 0.524. The van der Waals surface area contributed by atoms with E-state index in [0.717, 1.165) is 12.1 Å². The second kappa shape index (κ2) is 9.62. The van der Waals surface area contributed by atoms with Gasteiger partial charge in [0.2, 0.25) is 0 Å². The van der Waals surface area contributed by atoms with Gasteiger partial charge in [0.1, 0.15) is 0 Å². The highest BCUT2D eigenvalue weighted by atomic mass is 19.2. The summed E-state index contributed by atoms with van der Waals surface area (Å²) < 4.78 is 34.2. The predicted molar refractivity (Wildman–Crippen MR) is 107 cm³/mol. The molecule has 0 saturated carbocycles. The maximum Gasteiger partial charge on any atom is 0.159 e. The fraction of sp³-hybridized carbons (Fsp3) is 0.304. The maximum atomic E-state index is 13.6. The predicted octanol–water partition coefficient (Wildman–Crippen LogP) is 4.77. The molecule has 0 fully saturated rings. The number of benzene rings is 2. The van der Waals surface area contributed by atoms with E-state index in [1.165, 1.54) is 29.0 Å². The van der Waals surface area contributed by atoms with Crippen molar-refractivity contribution in [3.63, 3.8) is 0 Å². The molecule has 0 aliphatic heterocycles. The molecule has 0 amide bonds. The van der Waals surface area contributed by atoms with Crippen LogP contribution in [0.25, 0.3) is 0 Å². The minimum atomic E-state index is -0.820. The molecule has 0 spiro atoms. The van der Waals surface area contributed by atoms with Gasteiger partial charge in [-0.3, -0.25) is 4.90 Å². The fourth-order valence-corrected chi connectivity index (χ4v) is 3.31. The van der Waals surface area contributed by atoms with Gasteiger partial charge in [-0.05, 0) is 42.3 Å². The molecule has 5 heteroatoms. The van der Waals surface area contributed by atoms with E-state index in [2.05, 4.69) is 52.9 Å². The van der Waals surface area contributed by atoms with Gasteiger partial charge in [0.15, 0.2) is 11.6 Å². The van der Waals surface area contributed by atoms with Crippen LogP contribution in [-0.2, 0) is 24.4 Å².